The molecule has 0 saturated carbocycles. The van der Waals surface area contributed by atoms with E-state index in [1.807, 2.05) is 54.6 Å². The first-order chi connectivity index (χ1) is 18.7. The van der Waals surface area contributed by atoms with Gasteiger partial charge in [0.15, 0.2) is 11.6 Å². The number of rotatable bonds is 4. The highest BCUT2D eigenvalue weighted by atomic mass is 35.5. The van der Waals surface area contributed by atoms with Gasteiger partial charge in [0.2, 0.25) is 5.28 Å². The van der Waals surface area contributed by atoms with Crippen LogP contribution >= 0.6 is 11.6 Å². The quantitative estimate of drug-likeness (QED) is 0.237. The number of benzene rings is 5. The van der Waals surface area contributed by atoms with E-state index in [9.17, 15) is 0 Å². The molecule has 0 bridgehead atoms. The molecule has 2 heterocycles. The topological polar surface area (TPSA) is 51.8 Å². The predicted octanol–water partition coefficient (Wildman–Crippen LogP) is 9.09. The largest absolute Gasteiger partial charge is 0.456 e. The van der Waals surface area contributed by atoms with Crippen LogP contribution in [0.2, 0.25) is 5.28 Å². The molecule has 0 aliphatic carbocycles. The maximum absolute atomic E-state index is 6.34. The van der Waals surface area contributed by atoms with Gasteiger partial charge in [0, 0.05) is 21.9 Å². The van der Waals surface area contributed by atoms with Crippen LogP contribution in [0.1, 0.15) is 0 Å². The Kier molecular flexibility index (Phi) is 5.46. The Labute approximate surface area is 224 Å². The highest BCUT2D eigenvalue weighted by Crippen LogP contribution is 2.32. The number of furan rings is 1. The van der Waals surface area contributed by atoms with Crippen molar-refractivity contribution in [1.29, 1.82) is 0 Å². The van der Waals surface area contributed by atoms with Crippen molar-refractivity contribution < 1.29 is 4.42 Å². The minimum Gasteiger partial charge on any atom is -0.456 e. The summed E-state index contributed by atoms with van der Waals surface area (Å²) in [4.78, 5) is 13.5. The molecule has 5 aromatic carbocycles. The van der Waals surface area contributed by atoms with Crippen molar-refractivity contribution in [1.82, 2.24) is 15.0 Å². The molecule has 38 heavy (non-hydrogen) atoms. The van der Waals surface area contributed by atoms with Crippen LogP contribution < -0.4 is 0 Å². The number of aromatic nitrogens is 3. The van der Waals surface area contributed by atoms with Gasteiger partial charge in [-0.25, -0.2) is 4.98 Å². The summed E-state index contributed by atoms with van der Waals surface area (Å²) in [5, 5.41) is 2.28. The monoisotopic (exact) mass is 509 g/mol. The van der Waals surface area contributed by atoms with E-state index in [2.05, 4.69) is 76.7 Å². The normalized spacial score (nSPS) is 11.3. The van der Waals surface area contributed by atoms with Crippen molar-refractivity contribution in [3.63, 3.8) is 0 Å². The van der Waals surface area contributed by atoms with Crippen molar-refractivity contribution in [2.45, 2.75) is 0 Å². The third kappa shape index (κ3) is 4.11. The number of nitrogens with zero attached hydrogens (tertiary/aromatic N) is 3. The van der Waals surface area contributed by atoms with Gasteiger partial charge in [-0.05, 0) is 52.1 Å². The van der Waals surface area contributed by atoms with Crippen LogP contribution in [0.4, 0.5) is 0 Å². The summed E-state index contributed by atoms with van der Waals surface area (Å²) in [7, 11) is 0. The minimum atomic E-state index is 0.148. The van der Waals surface area contributed by atoms with Gasteiger partial charge in [-0.15, -0.1) is 0 Å². The van der Waals surface area contributed by atoms with Crippen LogP contribution in [-0.4, -0.2) is 15.0 Å². The maximum atomic E-state index is 6.34. The predicted molar refractivity (Wildman–Crippen MR) is 154 cm³/mol. The number of hydrogen-bond donors (Lipinski definition) is 0. The van der Waals surface area contributed by atoms with E-state index >= 15 is 0 Å². The Morgan fingerprint density at radius 1 is 0.421 bits per heavy atom. The Morgan fingerprint density at radius 2 is 0.921 bits per heavy atom. The highest BCUT2D eigenvalue weighted by Gasteiger charge is 2.13. The van der Waals surface area contributed by atoms with E-state index in [4.69, 9.17) is 21.0 Å². The van der Waals surface area contributed by atoms with Gasteiger partial charge < -0.3 is 4.42 Å². The standard InChI is InChI=1S/C33H20ClN3O/c34-33-36-31(35-32(37-33)26-18-19-28-27-8-4-5-9-29(27)38-30(28)20-26)25-16-14-24(15-17-25)23-12-10-22(11-13-23)21-6-2-1-3-7-21/h1-20H. The van der Waals surface area contributed by atoms with Gasteiger partial charge in [0.1, 0.15) is 11.2 Å². The van der Waals surface area contributed by atoms with Crippen molar-refractivity contribution >= 4 is 33.5 Å². The lowest BCUT2D eigenvalue weighted by atomic mass is 9.99. The van der Waals surface area contributed by atoms with Gasteiger partial charge in [-0.1, -0.05) is 103 Å². The summed E-state index contributed by atoms with van der Waals surface area (Å²) in [6.07, 6.45) is 0. The summed E-state index contributed by atoms with van der Waals surface area (Å²) in [5.74, 6) is 1.03. The fourth-order valence-corrected chi connectivity index (χ4v) is 4.93. The Balaban J connectivity index is 1.19. The van der Waals surface area contributed by atoms with Crippen molar-refractivity contribution in [3.8, 4) is 45.0 Å². The summed E-state index contributed by atoms with van der Waals surface area (Å²) in [5.41, 5.74) is 7.97. The van der Waals surface area contributed by atoms with Crippen LogP contribution in [0, 0.1) is 0 Å². The number of fused-ring (bicyclic) bond motifs is 3. The Hall–Kier alpha value is -4.80. The molecule has 0 spiro atoms. The molecule has 7 aromatic rings. The summed E-state index contributed by atoms with van der Waals surface area (Å²) < 4.78 is 6.04. The number of para-hydroxylation sites is 1. The molecule has 5 heteroatoms. The fourth-order valence-electron chi connectivity index (χ4n) is 4.77. The minimum absolute atomic E-state index is 0.148. The Morgan fingerprint density at radius 3 is 1.61 bits per heavy atom. The maximum Gasteiger partial charge on any atom is 0.226 e. The van der Waals surface area contributed by atoms with Crippen LogP contribution in [0.3, 0.4) is 0 Å². The molecule has 0 aliphatic heterocycles. The van der Waals surface area contributed by atoms with Gasteiger partial charge in [-0.2, -0.15) is 9.97 Å². The first kappa shape index (κ1) is 22.4. The number of hydrogen-bond acceptors (Lipinski definition) is 4. The molecular formula is C33H20ClN3O. The zero-order valence-electron chi connectivity index (χ0n) is 20.2. The third-order valence-corrected chi connectivity index (χ3v) is 6.88. The summed E-state index contributed by atoms with van der Waals surface area (Å²) >= 11 is 6.34. The van der Waals surface area contributed by atoms with E-state index in [0.29, 0.717) is 11.6 Å². The zero-order chi connectivity index (χ0) is 25.5. The molecule has 0 unspecified atom stereocenters. The second kappa shape index (κ2) is 9.25. The van der Waals surface area contributed by atoms with Gasteiger partial charge in [0.25, 0.3) is 0 Å². The summed E-state index contributed by atoms with van der Waals surface area (Å²) in [6, 6.07) is 41.1. The fraction of sp³-hybridized carbons (Fsp3) is 0. The molecular weight excluding hydrogens is 490 g/mol. The lowest BCUT2D eigenvalue weighted by molar-refractivity contribution is 0.669. The van der Waals surface area contributed by atoms with Crippen molar-refractivity contribution in [2.24, 2.45) is 0 Å². The molecule has 2 aromatic heterocycles. The van der Waals surface area contributed by atoms with E-state index in [-0.39, 0.29) is 5.28 Å². The Bertz CT molecular complexity index is 1910. The average molecular weight is 510 g/mol. The van der Waals surface area contributed by atoms with Crippen molar-refractivity contribution in [2.75, 3.05) is 0 Å². The van der Waals surface area contributed by atoms with Gasteiger partial charge in [-0.3, -0.25) is 0 Å². The molecule has 7 rings (SSSR count). The second-order valence-electron chi connectivity index (χ2n) is 9.08. The molecule has 0 amide bonds. The molecule has 0 N–H and O–H groups in total. The zero-order valence-corrected chi connectivity index (χ0v) is 20.9. The van der Waals surface area contributed by atoms with Gasteiger partial charge >= 0.3 is 0 Å². The molecule has 180 valence electrons. The van der Waals surface area contributed by atoms with E-state index in [0.717, 1.165) is 44.2 Å². The lowest BCUT2D eigenvalue weighted by Gasteiger charge is -2.07. The molecule has 0 aliphatic rings. The lowest BCUT2D eigenvalue weighted by Crippen LogP contribution is -1.97. The number of halogens is 1. The SMILES string of the molecule is Clc1nc(-c2ccc(-c3ccc(-c4ccccc4)cc3)cc2)nc(-c2ccc3c(c2)oc2ccccc23)n1. The van der Waals surface area contributed by atoms with E-state index in [1.165, 1.54) is 11.1 Å². The third-order valence-electron chi connectivity index (χ3n) is 6.71. The van der Waals surface area contributed by atoms with Crippen molar-refractivity contribution in [3.05, 3.63) is 127 Å². The van der Waals surface area contributed by atoms with E-state index < -0.39 is 0 Å². The first-order valence-electron chi connectivity index (χ1n) is 12.3. The highest BCUT2D eigenvalue weighted by molar-refractivity contribution is 6.28. The second-order valence-corrected chi connectivity index (χ2v) is 9.42. The molecule has 0 fully saturated rings. The van der Waals surface area contributed by atoms with Crippen LogP contribution in [0.15, 0.2) is 126 Å². The van der Waals surface area contributed by atoms with Crippen LogP contribution in [0.5, 0.6) is 0 Å². The molecule has 4 nitrogen and oxygen atoms in total. The van der Waals surface area contributed by atoms with Crippen LogP contribution in [0.25, 0.3) is 67.0 Å². The van der Waals surface area contributed by atoms with Gasteiger partial charge in [0.05, 0.1) is 0 Å². The molecule has 0 radical (unpaired) electrons. The molecule has 0 atom stereocenters. The molecule has 0 saturated heterocycles. The van der Waals surface area contributed by atoms with Crippen LogP contribution in [-0.2, 0) is 0 Å². The van der Waals surface area contributed by atoms with E-state index in [1.54, 1.807) is 0 Å². The smallest absolute Gasteiger partial charge is 0.226 e. The summed E-state index contributed by atoms with van der Waals surface area (Å²) in [6.45, 7) is 0. The average Bonchev–Trinajstić information content (AvgIpc) is 3.35. The first-order valence-corrected chi connectivity index (χ1v) is 12.7.